The molecular formula is C16H19NO4. The molecule has 0 aromatic heterocycles. The van der Waals surface area contributed by atoms with E-state index in [9.17, 15) is 10.2 Å². The molecular weight excluding hydrogens is 270 g/mol. The lowest BCUT2D eigenvalue weighted by Crippen LogP contribution is -2.53. The zero-order valence-corrected chi connectivity index (χ0v) is 11.7. The Hall–Kier alpha value is -1.30. The minimum atomic E-state index is -0.689. The number of nitrogens with zero attached hydrogens (tertiary/aromatic N) is 1. The van der Waals surface area contributed by atoms with Crippen LogP contribution in [0, 0.1) is 5.92 Å². The molecule has 5 nitrogen and oxygen atoms in total. The van der Waals surface area contributed by atoms with Crippen molar-refractivity contribution in [3.8, 4) is 11.5 Å². The molecule has 0 spiro atoms. The van der Waals surface area contributed by atoms with Crippen LogP contribution in [0.15, 0.2) is 12.1 Å². The lowest BCUT2D eigenvalue weighted by atomic mass is 9.68. The molecule has 1 aliphatic carbocycles. The summed E-state index contributed by atoms with van der Waals surface area (Å²) in [7, 11) is 0. The predicted molar refractivity (Wildman–Crippen MR) is 74.2 cm³/mol. The van der Waals surface area contributed by atoms with Gasteiger partial charge in [-0.1, -0.05) is 0 Å². The molecule has 5 rings (SSSR count). The zero-order valence-electron chi connectivity index (χ0n) is 11.7. The van der Waals surface area contributed by atoms with E-state index < -0.39 is 12.2 Å². The predicted octanol–water partition coefficient (Wildman–Crippen LogP) is 0.829. The fraction of sp³-hybridized carbons (Fsp3) is 0.625. The maximum absolute atomic E-state index is 10.6. The van der Waals surface area contributed by atoms with E-state index in [0.29, 0.717) is 12.0 Å². The van der Waals surface area contributed by atoms with Gasteiger partial charge in [0.05, 0.1) is 12.2 Å². The number of fused-ring (bicyclic) bond motifs is 3. The Morgan fingerprint density at radius 2 is 1.95 bits per heavy atom. The van der Waals surface area contributed by atoms with Crippen LogP contribution in [0.25, 0.3) is 0 Å². The smallest absolute Gasteiger partial charge is 0.231 e. The van der Waals surface area contributed by atoms with Crippen molar-refractivity contribution < 1.29 is 19.7 Å². The normalized spacial score (nSPS) is 40.0. The van der Waals surface area contributed by atoms with Crippen molar-refractivity contribution in [2.45, 2.75) is 43.6 Å². The van der Waals surface area contributed by atoms with Gasteiger partial charge in [0, 0.05) is 18.5 Å². The number of hydrogen-bond acceptors (Lipinski definition) is 5. The van der Waals surface area contributed by atoms with E-state index in [-0.39, 0.29) is 12.7 Å². The summed E-state index contributed by atoms with van der Waals surface area (Å²) in [5, 5.41) is 20.8. The lowest BCUT2D eigenvalue weighted by molar-refractivity contribution is -0.0657. The summed E-state index contributed by atoms with van der Waals surface area (Å²) in [6, 6.07) is 4.43. The molecule has 5 heteroatoms. The number of rotatable bonds is 0. The van der Waals surface area contributed by atoms with E-state index in [1.54, 1.807) is 0 Å². The molecule has 1 aromatic carbocycles. The van der Waals surface area contributed by atoms with Gasteiger partial charge in [-0.05, 0) is 48.6 Å². The van der Waals surface area contributed by atoms with Crippen molar-refractivity contribution in [1.82, 2.24) is 4.90 Å². The number of hydrogen-bond donors (Lipinski definition) is 2. The van der Waals surface area contributed by atoms with Gasteiger partial charge in [0.1, 0.15) is 0 Å². The Morgan fingerprint density at radius 3 is 2.81 bits per heavy atom. The van der Waals surface area contributed by atoms with Gasteiger partial charge in [0.25, 0.3) is 0 Å². The second kappa shape index (κ2) is 4.12. The van der Waals surface area contributed by atoms with Crippen molar-refractivity contribution in [2.75, 3.05) is 13.3 Å². The minimum absolute atomic E-state index is 0.0144. The molecule has 0 radical (unpaired) electrons. The van der Waals surface area contributed by atoms with Crippen LogP contribution in [-0.4, -0.2) is 46.7 Å². The van der Waals surface area contributed by atoms with Crippen LogP contribution in [0.1, 0.15) is 29.9 Å². The molecule has 0 amide bonds. The number of aliphatic hydroxyl groups is 2. The first kappa shape index (κ1) is 12.3. The first-order valence-electron chi connectivity index (χ1n) is 7.75. The number of ether oxygens (including phenoxy) is 2. The molecule has 21 heavy (non-hydrogen) atoms. The van der Waals surface area contributed by atoms with E-state index >= 15 is 0 Å². The summed E-state index contributed by atoms with van der Waals surface area (Å²) in [6.07, 6.45) is 0.531. The van der Waals surface area contributed by atoms with Crippen molar-refractivity contribution >= 4 is 0 Å². The lowest BCUT2D eigenvalue weighted by Gasteiger charge is -2.47. The highest BCUT2D eigenvalue weighted by molar-refractivity contribution is 5.52. The van der Waals surface area contributed by atoms with Crippen LogP contribution in [0.2, 0.25) is 0 Å². The summed E-state index contributed by atoms with van der Waals surface area (Å²) in [5.41, 5.74) is 2.34. The van der Waals surface area contributed by atoms with Gasteiger partial charge in [0.15, 0.2) is 11.5 Å². The Labute approximate surface area is 123 Å². The van der Waals surface area contributed by atoms with Crippen molar-refractivity contribution in [3.05, 3.63) is 23.3 Å². The molecule has 3 aliphatic heterocycles. The van der Waals surface area contributed by atoms with Crippen LogP contribution >= 0.6 is 0 Å². The molecule has 5 atom stereocenters. The average Bonchev–Trinajstić information content (AvgIpc) is 3.08. The summed E-state index contributed by atoms with van der Waals surface area (Å²) in [6.45, 7) is 2.23. The second-order valence-electron chi connectivity index (χ2n) is 6.73. The maximum atomic E-state index is 10.6. The molecule has 1 saturated carbocycles. The number of aliphatic hydroxyl groups excluding tert-OH is 2. The van der Waals surface area contributed by atoms with Gasteiger partial charge in [-0.25, -0.2) is 0 Å². The van der Waals surface area contributed by atoms with Crippen LogP contribution in [0.5, 0.6) is 11.5 Å². The summed E-state index contributed by atoms with van der Waals surface area (Å²) in [5.74, 6) is 2.05. The Bertz CT molecular complexity index is 604. The zero-order chi connectivity index (χ0) is 14.1. The Kier molecular flexibility index (Phi) is 2.41. The number of benzene rings is 1. The summed E-state index contributed by atoms with van der Waals surface area (Å²) < 4.78 is 11.0. The van der Waals surface area contributed by atoms with E-state index in [1.807, 2.05) is 6.07 Å². The van der Waals surface area contributed by atoms with E-state index in [0.717, 1.165) is 43.0 Å². The van der Waals surface area contributed by atoms with E-state index in [2.05, 4.69) is 11.0 Å². The Balaban J connectivity index is 1.66. The highest BCUT2D eigenvalue weighted by Gasteiger charge is 2.52. The summed E-state index contributed by atoms with van der Waals surface area (Å²) in [4.78, 5) is 2.47. The fourth-order valence-electron chi connectivity index (χ4n) is 4.84. The van der Waals surface area contributed by atoms with Gasteiger partial charge in [0.2, 0.25) is 6.79 Å². The third-order valence-corrected chi connectivity index (χ3v) is 5.73. The molecule has 112 valence electrons. The molecule has 1 saturated heterocycles. The van der Waals surface area contributed by atoms with Crippen LogP contribution < -0.4 is 9.47 Å². The first-order chi connectivity index (χ1) is 10.2. The topological polar surface area (TPSA) is 62.2 Å². The van der Waals surface area contributed by atoms with Gasteiger partial charge >= 0.3 is 0 Å². The third-order valence-electron chi connectivity index (χ3n) is 5.73. The SMILES string of the molecule is O[C@@H]1CC2CCN3Cc4cc5c(cc4C(C23)[C@@H]1O)OCO5. The van der Waals surface area contributed by atoms with Gasteiger partial charge in [-0.15, -0.1) is 0 Å². The van der Waals surface area contributed by atoms with E-state index in [4.69, 9.17) is 9.47 Å². The third kappa shape index (κ3) is 1.57. The molecule has 4 aliphatic rings. The highest BCUT2D eigenvalue weighted by atomic mass is 16.7. The second-order valence-corrected chi connectivity index (χ2v) is 6.73. The maximum Gasteiger partial charge on any atom is 0.231 e. The van der Waals surface area contributed by atoms with Gasteiger partial charge in [-0.2, -0.15) is 0 Å². The first-order valence-corrected chi connectivity index (χ1v) is 7.75. The van der Waals surface area contributed by atoms with Crippen LogP contribution in [-0.2, 0) is 6.54 Å². The van der Waals surface area contributed by atoms with Crippen molar-refractivity contribution in [3.63, 3.8) is 0 Å². The molecule has 2 fully saturated rings. The van der Waals surface area contributed by atoms with Crippen LogP contribution in [0.4, 0.5) is 0 Å². The molecule has 1 aromatic rings. The fourth-order valence-corrected chi connectivity index (χ4v) is 4.84. The van der Waals surface area contributed by atoms with Crippen molar-refractivity contribution in [1.29, 1.82) is 0 Å². The quantitative estimate of drug-likeness (QED) is 0.741. The standard InChI is InChI=1S/C16H19NO4/c18-11-3-8-1-2-17-6-9-4-12-13(21-7-20-12)5-10(9)14(15(8)17)16(11)19/h4-5,8,11,14-16,18-19H,1-3,6-7H2/t8?,11-,14?,15?,16-/m1/s1. The van der Waals surface area contributed by atoms with Crippen molar-refractivity contribution in [2.24, 2.45) is 5.92 Å². The van der Waals surface area contributed by atoms with Crippen LogP contribution in [0.3, 0.4) is 0 Å². The average molecular weight is 289 g/mol. The molecule has 3 unspecified atom stereocenters. The Morgan fingerprint density at radius 1 is 1.14 bits per heavy atom. The molecule has 0 bridgehead atoms. The summed E-state index contributed by atoms with van der Waals surface area (Å²) >= 11 is 0. The monoisotopic (exact) mass is 289 g/mol. The molecule has 2 N–H and O–H groups in total. The minimum Gasteiger partial charge on any atom is -0.454 e. The van der Waals surface area contributed by atoms with Gasteiger partial charge < -0.3 is 19.7 Å². The largest absolute Gasteiger partial charge is 0.454 e. The van der Waals surface area contributed by atoms with Gasteiger partial charge in [-0.3, -0.25) is 4.90 Å². The van der Waals surface area contributed by atoms with E-state index in [1.165, 1.54) is 5.56 Å². The molecule has 3 heterocycles. The highest BCUT2D eigenvalue weighted by Crippen LogP contribution is 2.51.